The molecule has 0 radical (unpaired) electrons. The molecule has 3 rings (SSSR count). The largest absolute Gasteiger partial charge is 0.497 e. The van der Waals surface area contributed by atoms with Crippen LogP contribution in [0.25, 0.3) is 0 Å². The topological polar surface area (TPSA) is 82.4 Å². The van der Waals surface area contributed by atoms with E-state index in [0.29, 0.717) is 27.2 Å². The molecule has 10 heteroatoms. The number of nitrogens with one attached hydrogen (secondary N) is 1. The fourth-order valence-electron chi connectivity index (χ4n) is 2.58. The van der Waals surface area contributed by atoms with Gasteiger partial charge < -0.3 is 14.0 Å². The number of hydrogen-bond donors (Lipinski definition) is 1. The van der Waals surface area contributed by atoms with Gasteiger partial charge in [0, 0.05) is 25.5 Å². The minimum absolute atomic E-state index is 0.126. The first kappa shape index (κ1) is 19.7. The highest BCUT2D eigenvalue weighted by Crippen LogP contribution is 2.32. The normalized spacial score (nSPS) is 12.7. The summed E-state index contributed by atoms with van der Waals surface area (Å²) in [7, 11) is 1.04. The number of halogens is 1. The Labute approximate surface area is 166 Å². The lowest BCUT2D eigenvalue weighted by atomic mass is 10.1. The Morgan fingerprint density at radius 2 is 1.85 bits per heavy atom. The van der Waals surface area contributed by atoms with Crippen molar-refractivity contribution in [1.82, 2.24) is 14.3 Å². The number of methoxy groups -OCH3 is 2. The molecular weight excluding hydrogens is 410 g/mol. The van der Waals surface area contributed by atoms with E-state index in [4.69, 9.17) is 21.1 Å². The average Bonchev–Trinajstić information content (AvgIpc) is 3.28. The molecule has 0 bridgehead atoms. The zero-order chi connectivity index (χ0) is 19.6. The van der Waals surface area contributed by atoms with Gasteiger partial charge in [-0.25, -0.2) is 13.4 Å². The summed E-state index contributed by atoms with van der Waals surface area (Å²) < 4.78 is 41.4. The molecule has 7 nitrogen and oxygen atoms in total. The van der Waals surface area contributed by atoms with Gasteiger partial charge in [0.15, 0.2) is 0 Å². The standard InChI is InChI=1S/C17H18ClN3O4S2/c1-21-7-6-19-17(21)16(11-8-12(24-2)10-13(9-11)25-3)20-27(22,23)15-5-4-14(18)26-15/h4-10,16,20H,1-3H3/t16-/m0/s1. The Kier molecular flexibility index (Phi) is 5.75. The minimum atomic E-state index is -3.82. The summed E-state index contributed by atoms with van der Waals surface area (Å²) in [5.41, 5.74) is 0.631. The number of thiophene rings is 1. The van der Waals surface area contributed by atoms with Gasteiger partial charge >= 0.3 is 0 Å². The summed E-state index contributed by atoms with van der Waals surface area (Å²) in [6.45, 7) is 0. The lowest BCUT2D eigenvalue weighted by Gasteiger charge is -2.20. The Morgan fingerprint density at radius 3 is 2.33 bits per heavy atom. The zero-order valence-electron chi connectivity index (χ0n) is 14.8. The molecular formula is C17H18ClN3O4S2. The van der Waals surface area contributed by atoms with E-state index < -0.39 is 16.1 Å². The Hall–Kier alpha value is -2.07. The number of nitrogens with zero attached hydrogens (tertiary/aromatic N) is 2. The van der Waals surface area contributed by atoms with Crippen LogP contribution >= 0.6 is 22.9 Å². The third-order valence-electron chi connectivity index (χ3n) is 3.91. The maximum Gasteiger partial charge on any atom is 0.251 e. The van der Waals surface area contributed by atoms with Crippen LogP contribution in [0, 0.1) is 0 Å². The molecule has 0 saturated heterocycles. The number of ether oxygens (including phenoxy) is 2. The van der Waals surface area contributed by atoms with Crippen LogP contribution in [0.4, 0.5) is 0 Å². The molecule has 1 aromatic carbocycles. The molecule has 0 amide bonds. The Morgan fingerprint density at radius 1 is 1.19 bits per heavy atom. The van der Waals surface area contributed by atoms with Crippen LogP contribution in [-0.4, -0.2) is 32.2 Å². The number of sulfonamides is 1. The third kappa shape index (κ3) is 4.27. The highest BCUT2D eigenvalue weighted by molar-refractivity contribution is 7.91. The molecule has 0 aliphatic rings. The van der Waals surface area contributed by atoms with Crippen LogP contribution in [-0.2, 0) is 17.1 Å². The van der Waals surface area contributed by atoms with Gasteiger partial charge in [-0.3, -0.25) is 0 Å². The van der Waals surface area contributed by atoms with Crippen LogP contribution in [0.3, 0.4) is 0 Å². The molecule has 2 aromatic heterocycles. The first-order valence-electron chi connectivity index (χ1n) is 7.82. The van der Waals surface area contributed by atoms with Crippen LogP contribution in [0.5, 0.6) is 11.5 Å². The van der Waals surface area contributed by atoms with Crippen molar-refractivity contribution in [1.29, 1.82) is 0 Å². The second-order valence-electron chi connectivity index (χ2n) is 5.66. The van der Waals surface area contributed by atoms with Gasteiger partial charge in [0.1, 0.15) is 27.6 Å². The van der Waals surface area contributed by atoms with Gasteiger partial charge in [0.25, 0.3) is 10.0 Å². The third-order valence-corrected chi connectivity index (χ3v) is 7.06. The number of aryl methyl sites for hydroxylation is 1. The van der Waals surface area contributed by atoms with Gasteiger partial charge in [0.05, 0.1) is 18.6 Å². The Bertz CT molecular complexity index is 1020. The highest BCUT2D eigenvalue weighted by atomic mass is 35.5. The predicted molar refractivity (Wildman–Crippen MR) is 104 cm³/mol. The Balaban J connectivity index is 2.09. The van der Waals surface area contributed by atoms with Crippen molar-refractivity contribution in [3.63, 3.8) is 0 Å². The van der Waals surface area contributed by atoms with E-state index >= 15 is 0 Å². The maximum absolute atomic E-state index is 12.9. The molecule has 0 aliphatic carbocycles. The van der Waals surface area contributed by atoms with Crippen molar-refractivity contribution in [3.05, 3.63) is 58.4 Å². The fourth-order valence-corrected chi connectivity index (χ4v) is 5.26. The van der Waals surface area contributed by atoms with Gasteiger partial charge in [-0.2, -0.15) is 4.72 Å². The first-order valence-corrected chi connectivity index (χ1v) is 10.5. The molecule has 0 fully saturated rings. The summed E-state index contributed by atoms with van der Waals surface area (Å²) in [5, 5.41) is 0. The van der Waals surface area contributed by atoms with Crippen LogP contribution in [0.2, 0.25) is 4.34 Å². The maximum atomic E-state index is 12.9. The summed E-state index contributed by atoms with van der Waals surface area (Å²) in [5.74, 6) is 1.61. The number of aromatic nitrogens is 2. The highest BCUT2D eigenvalue weighted by Gasteiger charge is 2.27. The van der Waals surface area contributed by atoms with Crippen molar-refractivity contribution < 1.29 is 17.9 Å². The average molecular weight is 428 g/mol. The molecule has 2 heterocycles. The summed E-state index contributed by atoms with van der Waals surface area (Å²) in [6, 6.07) is 7.46. The van der Waals surface area contributed by atoms with Crippen molar-refractivity contribution in [3.8, 4) is 11.5 Å². The molecule has 1 N–H and O–H groups in total. The lowest BCUT2D eigenvalue weighted by Crippen LogP contribution is -2.30. The second kappa shape index (κ2) is 7.89. The summed E-state index contributed by atoms with van der Waals surface area (Å²) >= 11 is 6.89. The molecule has 0 aliphatic heterocycles. The lowest BCUT2D eigenvalue weighted by molar-refractivity contribution is 0.392. The molecule has 1 atom stereocenters. The fraction of sp³-hybridized carbons (Fsp3) is 0.235. The summed E-state index contributed by atoms with van der Waals surface area (Å²) in [6.07, 6.45) is 3.35. The van der Waals surface area contributed by atoms with Crippen molar-refractivity contribution in [2.24, 2.45) is 7.05 Å². The molecule has 3 aromatic rings. The van der Waals surface area contributed by atoms with Crippen molar-refractivity contribution >= 4 is 33.0 Å². The van der Waals surface area contributed by atoms with Crippen molar-refractivity contribution in [2.45, 2.75) is 10.3 Å². The van der Waals surface area contributed by atoms with E-state index in [-0.39, 0.29) is 4.21 Å². The van der Waals surface area contributed by atoms with Gasteiger partial charge in [-0.05, 0) is 29.8 Å². The van der Waals surface area contributed by atoms with E-state index in [0.717, 1.165) is 11.3 Å². The number of benzene rings is 1. The quantitative estimate of drug-likeness (QED) is 0.626. The number of hydrogen-bond acceptors (Lipinski definition) is 6. The molecule has 0 saturated carbocycles. The van der Waals surface area contributed by atoms with E-state index in [1.165, 1.54) is 20.3 Å². The van der Waals surface area contributed by atoms with E-state index in [1.807, 2.05) is 0 Å². The number of rotatable bonds is 7. The first-order chi connectivity index (χ1) is 12.8. The molecule has 0 unspecified atom stereocenters. The van der Waals surface area contributed by atoms with Crippen LogP contribution in [0.15, 0.2) is 46.9 Å². The predicted octanol–water partition coefficient (Wildman–Crippen LogP) is 3.22. The minimum Gasteiger partial charge on any atom is -0.497 e. The SMILES string of the molecule is COc1cc(OC)cc([C@H](NS(=O)(=O)c2ccc(Cl)s2)c2nccn2C)c1. The van der Waals surface area contributed by atoms with Crippen molar-refractivity contribution in [2.75, 3.05) is 14.2 Å². The van der Waals surface area contributed by atoms with E-state index in [1.54, 1.807) is 48.3 Å². The summed E-state index contributed by atoms with van der Waals surface area (Å²) in [4.78, 5) is 4.32. The monoisotopic (exact) mass is 427 g/mol. The van der Waals surface area contributed by atoms with Crippen LogP contribution in [0.1, 0.15) is 17.4 Å². The zero-order valence-corrected chi connectivity index (χ0v) is 17.2. The van der Waals surface area contributed by atoms with Gasteiger partial charge in [0.2, 0.25) is 0 Å². The van der Waals surface area contributed by atoms with Crippen LogP contribution < -0.4 is 14.2 Å². The van der Waals surface area contributed by atoms with E-state index in [2.05, 4.69) is 9.71 Å². The molecule has 27 heavy (non-hydrogen) atoms. The number of imidazole rings is 1. The molecule has 144 valence electrons. The van der Waals surface area contributed by atoms with Gasteiger partial charge in [-0.15, -0.1) is 11.3 Å². The molecule has 0 spiro atoms. The second-order valence-corrected chi connectivity index (χ2v) is 9.31. The smallest absolute Gasteiger partial charge is 0.251 e. The van der Waals surface area contributed by atoms with Gasteiger partial charge in [-0.1, -0.05) is 11.6 Å². The van der Waals surface area contributed by atoms with E-state index in [9.17, 15) is 8.42 Å².